The highest BCUT2D eigenvalue weighted by atomic mass is 32.2. The Balaban J connectivity index is 1.96. The number of rotatable bonds is 8. The maximum Gasteiger partial charge on any atom is 0.224 e. The van der Waals surface area contributed by atoms with Gasteiger partial charge in [0.2, 0.25) is 5.95 Å². The van der Waals surface area contributed by atoms with E-state index in [9.17, 15) is 13.7 Å². The molecule has 132 valence electrons. The van der Waals surface area contributed by atoms with Crippen molar-refractivity contribution < 1.29 is 8.42 Å². The summed E-state index contributed by atoms with van der Waals surface area (Å²) in [5.74, 6) is 1.22. The van der Waals surface area contributed by atoms with Gasteiger partial charge in [-0.3, -0.25) is 0 Å². The molecule has 0 saturated carbocycles. The second kappa shape index (κ2) is 8.83. The van der Waals surface area contributed by atoms with Crippen LogP contribution in [0.4, 0.5) is 11.8 Å². The first-order valence-corrected chi connectivity index (χ1v) is 10.3. The smallest absolute Gasteiger partial charge is 0.224 e. The van der Waals surface area contributed by atoms with Crippen LogP contribution in [0, 0.1) is 11.3 Å². The fourth-order valence-corrected chi connectivity index (χ4v) is 3.83. The van der Waals surface area contributed by atoms with E-state index in [1.165, 1.54) is 31.9 Å². The molecular formula is C16H25N5O2S. The van der Waals surface area contributed by atoms with Gasteiger partial charge >= 0.3 is 0 Å². The minimum absolute atomic E-state index is 0.0993. The summed E-state index contributed by atoms with van der Waals surface area (Å²) < 4.78 is 23.1. The predicted octanol–water partition coefficient (Wildman–Crippen LogP) is 1.97. The lowest BCUT2D eigenvalue weighted by atomic mass is 10.1. The zero-order valence-corrected chi connectivity index (χ0v) is 15.0. The molecule has 0 atom stereocenters. The van der Waals surface area contributed by atoms with Crippen LogP contribution in [-0.2, 0) is 9.84 Å². The molecule has 1 saturated heterocycles. The quantitative estimate of drug-likeness (QED) is 0.715. The number of nitriles is 1. The van der Waals surface area contributed by atoms with Crippen molar-refractivity contribution in [3.05, 3.63) is 11.8 Å². The Morgan fingerprint density at radius 3 is 2.62 bits per heavy atom. The molecule has 1 N–H and O–H groups in total. The predicted molar refractivity (Wildman–Crippen MR) is 94.9 cm³/mol. The minimum atomic E-state index is -2.96. The lowest BCUT2D eigenvalue weighted by molar-refractivity contribution is 0.586. The molecule has 0 aromatic carbocycles. The summed E-state index contributed by atoms with van der Waals surface area (Å²) in [6.07, 6.45) is 7.45. The molecule has 1 aliphatic rings. The molecule has 0 aliphatic carbocycles. The largest absolute Gasteiger partial charge is 0.354 e. The molecule has 0 amide bonds. The molecule has 1 aliphatic heterocycles. The van der Waals surface area contributed by atoms with E-state index >= 15 is 0 Å². The highest BCUT2D eigenvalue weighted by Gasteiger charge is 2.24. The average molecular weight is 351 g/mol. The van der Waals surface area contributed by atoms with Gasteiger partial charge in [0.25, 0.3) is 0 Å². The molecule has 1 fully saturated rings. The Kier molecular flexibility index (Phi) is 6.79. The third-order valence-electron chi connectivity index (χ3n) is 4.10. The Morgan fingerprint density at radius 1 is 1.25 bits per heavy atom. The Morgan fingerprint density at radius 2 is 1.96 bits per heavy atom. The Labute approximate surface area is 144 Å². The lowest BCUT2D eigenvalue weighted by Crippen LogP contribution is -2.41. The van der Waals surface area contributed by atoms with Gasteiger partial charge in [0.15, 0.2) is 15.7 Å². The molecule has 7 nitrogen and oxygen atoms in total. The maximum atomic E-state index is 11.6. The fourth-order valence-electron chi connectivity index (χ4n) is 2.63. The molecular weight excluding hydrogens is 326 g/mol. The molecule has 0 bridgehead atoms. The van der Waals surface area contributed by atoms with Crippen LogP contribution in [0.25, 0.3) is 0 Å². The summed E-state index contributed by atoms with van der Waals surface area (Å²) >= 11 is 0. The van der Waals surface area contributed by atoms with Crippen molar-refractivity contribution in [1.29, 1.82) is 5.26 Å². The van der Waals surface area contributed by atoms with Crippen LogP contribution >= 0.6 is 0 Å². The third kappa shape index (κ3) is 5.34. The van der Waals surface area contributed by atoms with Gasteiger partial charge in [0.1, 0.15) is 11.6 Å². The second-order valence-electron chi connectivity index (χ2n) is 6.02. The van der Waals surface area contributed by atoms with Crippen molar-refractivity contribution in [3.63, 3.8) is 0 Å². The van der Waals surface area contributed by atoms with E-state index in [1.807, 2.05) is 4.90 Å². The van der Waals surface area contributed by atoms with Crippen LogP contribution in [0.3, 0.4) is 0 Å². The summed E-state index contributed by atoms with van der Waals surface area (Å²) in [5, 5.41) is 12.4. The molecule has 1 aromatic rings. The summed E-state index contributed by atoms with van der Waals surface area (Å²) in [4.78, 5) is 10.5. The molecule has 24 heavy (non-hydrogen) atoms. The van der Waals surface area contributed by atoms with Gasteiger partial charge in [-0.15, -0.1) is 0 Å². The van der Waals surface area contributed by atoms with Crippen molar-refractivity contribution in [2.75, 3.05) is 41.4 Å². The number of unbranched alkanes of at least 4 members (excludes halogenated alkanes) is 4. The standard InChI is InChI=1S/C16H25N5O2S/c1-2-3-4-5-6-7-18-16-19-13-14(12-17)15(20-16)21-8-10-24(22,23)11-9-21/h13H,2-11H2,1H3,(H,18,19,20). The van der Waals surface area contributed by atoms with E-state index in [0.29, 0.717) is 30.4 Å². The van der Waals surface area contributed by atoms with Gasteiger partial charge < -0.3 is 10.2 Å². The second-order valence-corrected chi connectivity index (χ2v) is 8.33. The molecule has 0 unspecified atom stereocenters. The van der Waals surface area contributed by atoms with Gasteiger partial charge in [0.05, 0.1) is 17.7 Å². The highest BCUT2D eigenvalue weighted by molar-refractivity contribution is 7.91. The molecule has 8 heteroatoms. The van der Waals surface area contributed by atoms with E-state index in [0.717, 1.165) is 13.0 Å². The molecule has 1 aromatic heterocycles. The van der Waals surface area contributed by atoms with Crippen molar-refractivity contribution in [2.24, 2.45) is 0 Å². The number of aromatic nitrogens is 2. The third-order valence-corrected chi connectivity index (χ3v) is 5.71. The molecule has 2 rings (SSSR count). The zero-order valence-electron chi connectivity index (χ0n) is 14.2. The first-order valence-electron chi connectivity index (χ1n) is 8.52. The summed E-state index contributed by atoms with van der Waals surface area (Å²) in [6.45, 7) is 3.72. The maximum absolute atomic E-state index is 11.6. The van der Waals surface area contributed by atoms with Gasteiger partial charge in [-0.25, -0.2) is 13.4 Å². The van der Waals surface area contributed by atoms with Gasteiger partial charge in [-0.1, -0.05) is 32.6 Å². The van der Waals surface area contributed by atoms with Crippen LogP contribution in [0.1, 0.15) is 44.6 Å². The van der Waals surface area contributed by atoms with E-state index in [-0.39, 0.29) is 11.5 Å². The highest BCUT2D eigenvalue weighted by Crippen LogP contribution is 2.20. The van der Waals surface area contributed by atoms with E-state index < -0.39 is 9.84 Å². The van der Waals surface area contributed by atoms with Crippen LogP contribution < -0.4 is 10.2 Å². The van der Waals surface area contributed by atoms with E-state index in [1.54, 1.807) is 0 Å². The average Bonchev–Trinajstić information content (AvgIpc) is 2.58. The minimum Gasteiger partial charge on any atom is -0.354 e. The normalized spacial score (nSPS) is 16.6. The number of anilines is 2. The lowest BCUT2D eigenvalue weighted by Gasteiger charge is -2.28. The molecule has 2 heterocycles. The summed E-state index contributed by atoms with van der Waals surface area (Å²) in [6, 6.07) is 2.09. The fraction of sp³-hybridized carbons (Fsp3) is 0.688. The van der Waals surface area contributed by atoms with Crippen LogP contribution in [0.15, 0.2) is 6.20 Å². The Hall–Kier alpha value is -1.88. The van der Waals surface area contributed by atoms with Crippen LogP contribution in [0.5, 0.6) is 0 Å². The number of nitrogens with zero attached hydrogens (tertiary/aromatic N) is 4. The number of nitrogens with one attached hydrogen (secondary N) is 1. The van der Waals surface area contributed by atoms with Crippen LogP contribution in [-0.4, -0.2) is 49.5 Å². The van der Waals surface area contributed by atoms with Crippen molar-refractivity contribution >= 4 is 21.6 Å². The van der Waals surface area contributed by atoms with Gasteiger partial charge in [-0.05, 0) is 6.42 Å². The number of sulfone groups is 1. The molecule has 0 spiro atoms. The Bertz CT molecular complexity index is 670. The van der Waals surface area contributed by atoms with Crippen LogP contribution in [0.2, 0.25) is 0 Å². The summed E-state index contributed by atoms with van der Waals surface area (Å²) in [7, 11) is -2.96. The number of hydrogen-bond acceptors (Lipinski definition) is 7. The first-order chi connectivity index (χ1) is 11.6. The SMILES string of the molecule is CCCCCCCNc1ncc(C#N)c(N2CCS(=O)(=O)CC2)n1. The van der Waals surface area contributed by atoms with Gasteiger partial charge in [-0.2, -0.15) is 10.2 Å². The monoisotopic (exact) mass is 351 g/mol. The first kappa shape index (κ1) is 18.5. The van der Waals surface area contributed by atoms with Gasteiger partial charge in [0, 0.05) is 19.6 Å². The zero-order chi connectivity index (χ0) is 17.4. The van der Waals surface area contributed by atoms with Crippen molar-refractivity contribution in [3.8, 4) is 6.07 Å². The van der Waals surface area contributed by atoms with Crippen molar-refractivity contribution in [1.82, 2.24) is 9.97 Å². The number of hydrogen-bond donors (Lipinski definition) is 1. The molecule has 0 radical (unpaired) electrons. The summed E-state index contributed by atoms with van der Waals surface area (Å²) in [5.41, 5.74) is 0.378. The van der Waals surface area contributed by atoms with E-state index in [2.05, 4.69) is 28.3 Å². The topological polar surface area (TPSA) is 99.0 Å². The van der Waals surface area contributed by atoms with Crippen molar-refractivity contribution in [2.45, 2.75) is 39.0 Å². The van der Waals surface area contributed by atoms with E-state index in [4.69, 9.17) is 0 Å².